The first-order chi connectivity index (χ1) is 6.80. The van der Waals surface area contributed by atoms with E-state index in [4.69, 9.17) is 0 Å². The zero-order valence-corrected chi connectivity index (χ0v) is 13.6. The molecule has 0 aromatic heterocycles. The average Bonchev–Trinajstić information content (AvgIpc) is 2.24. The van der Waals surface area contributed by atoms with E-state index in [0.29, 0.717) is 5.92 Å². The smallest absolute Gasteiger partial charge is 0.0271 e. The minimum Gasteiger partial charge on any atom is -0.255 e. The van der Waals surface area contributed by atoms with Crippen LogP contribution in [0.15, 0.2) is 0 Å². The molecule has 1 nitrogen and oxygen atoms in total. The Morgan fingerprint density at radius 2 is 1.53 bits per heavy atom. The molecular weight excluding hydrogens is 297 g/mol. The summed E-state index contributed by atoms with van der Waals surface area (Å²) in [4.78, 5) is 0. The van der Waals surface area contributed by atoms with Gasteiger partial charge in [0.1, 0.15) is 0 Å². The molecule has 0 rings (SSSR count). The van der Waals surface area contributed by atoms with E-state index in [1.807, 2.05) is 0 Å². The van der Waals surface area contributed by atoms with Crippen LogP contribution in [0.1, 0.15) is 54.9 Å². The van der Waals surface area contributed by atoms with Crippen LogP contribution in [0.3, 0.4) is 0 Å². The van der Waals surface area contributed by atoms with E-state index in [9.17, 15) is 0 Å². The lowest BCUT2D eigenvalue weighted by atomic mass is 9.70. The van der Waals surface area contributed by atoms with E-state index in [1.165, 1.54) is 6.42 Å². The Hall–Kier alpha value is 0.690. The van der Waals surface area contributed by atoms with Gasteiger partial charge < -0.3 is 0 Å². The third-order valence-corrected chi connectivity index (χ3v) is 5.86. The highest BCUT2D eigenvalue weighted by Crippen LogP contribution is 2.35. The van der Waals surface area contributed by atoms with Crippen LogP contribution in [0.4, 0.5) is 0 Å². The third-order valence-electron chi connectivity index (χ3n) is 4.62. The van der Waals surface area contributed by atoms with Gasteiger partial charge in [-0.05, 0) is 37.0 Å². The quantitative estimate of drug-likeness (QED) is 0.553. The normalized spacial score (nSPS) is 22.2. The van der Waals surface area contributed by atoms with Crippen LogP contribution in [-0.2, 0) is 0 Å². The summed E-state index contributed by atoms with van der Waals surface area (Å²) in [5.74, 6) is 3.03. The van der Waals surface area contributed by atoms with Gasteiger partial charge in [0.15, 0.2) is 0 Å². The van der Waals surface area contributed by atoms with Gasteiger partial charge in [-0.3, -0.25) is 3.53 Å². The highest BCUT2D eigenvalue weighted by Gasteiger charge is 2.34. The molecule has 0 saturated heterocycles. The lowest BCUT2D eigenvalue weighted by molar-refractivity contribution is 0.144. The van der Waals surface area contributed by atoms with Crippen molar-refractivity contribution in [2.24, 2.45) is 23.7 Å². The van der Waals surface area contributed by atoms with Crippen LogP contribution in [0, 0.1) is 23.7 Å². The van der Waals surface area contributed by atoms with Crippen molar-refractivity contribution in [3.05, 3.63) is 0 Å². The van der Waals surface area contributed by atoms with E-state index in [0.717, 1.165) is 17.8 Å². The molecule has 1 N–H and O–H groups in total. The highest BCUT2D eigenvalue weighted by molar-refractivity contribution is 14.1. The molecule has 0 amide bonds. The van der Waals surface area contributed by atoms with Gasteiger partial charge in [-0.15, -0.1) is 0 Å². The zero-order chi connectivity index (χ0) is 12.2. The van der Waals surface area contributed by atoms with Crippen molar-refractivity contribution < 1.29 is 0 Å². The summed E-state index contributed by atoms with van der Waals surface area (Å²) in [6, 6.07) is 0. The first-order valence-corrected chi connectivity index (χ1v) is 7.25. The van der Waals surface area contributed by atoms with Crippen molar-refractivity contribution >= 4 is 22.9 Å². The summed E-state index contributed by atoms with van der Waals surface area (Å²) in [5, 5.41) is 0. The molecule has 0 aliphatic carbocycles. The van der Waals surface area contributed by atoms with Crippen molar-refractivity contribution in [1.82, 2.24) is 3.53 Å². The Morgan fingerprint density at radius 1 is 1.07 bits per heavy atom. The second-order valence-electron chi connectivity index (χ2n) is 5.62. The van der Waals surface area contributed by atoms with Gasteiger partial charge in [0, 0.05) is 28.4 Å². The maximum absolute atomic E-state index is 3.47. The van der Waals surface area contributed by atoms with Gasteiger partial charge in [0.05, 0.1) is 0 Å². The molecule has 0 heterocycles. The van der Waals surface area contributed by atoms with E-state index in [-0.39, 0.29) is 5.54 Å². The molecule has 92 valence electrons. The maximum Gasteiger partial charge on any atom is 0.0271 e. The van der Waals surface area contributed by atoms with Gasteiger partial charge in [-0.25, -0.2) is 0 Å². The molecule has 0 spiro atoms. The van der Waals surface area contributed by atoms with Gasteiger partial charge in [0.25, 0.3) is 0 Å². The number of nitrogens with one attached hydrogen (secondary N) is 1. The Bertz CT molecular complexity index is 175. The first kappa shape index (κ1) is 15.7. The molecule has 0 aliphatic heterocycles. The number of rotatable bonds is 6. The lowest BCUT2D eigenvalue weighted by Gasteiger charge is -2.40. The van der Waals surface area contributed by atoms with Crippen molar-refractivity contribution in [3.8, 4) is 0 Å². The van der Waals surface area contributed by atoms with Crippen LogP contribution >= 0.6 is 22.9 Å². The molecule has 0 fully saturated rings. The van der Waals surface area contributed by atoms with Gasteiger partial charge in [-0.2, -0.15) is 0 Å². The monoisotopic (exact) mass is 325 g/mol. The zero-order valence-electron chi connectivity index (χ0n) is 11.4. The fraction of sp³-hybridized carbons (Fsp3) is 1.00. The largest absolute Gasteiger partial charge is 0.255 e. The molecule has 0 aromatic carbocycles. The number of halogens is 1. The van der Waals surface area contributed by atoms with Crippen molar-refractivity contribution in [2.75, 3.05) is 0 Å². The van der Waals surface area contributed by atoms with E-state index < -0.39 is 0 Å². The van der Waals surface area contributed by atoms with E-state index in [1.54, 1.807) is 0 Å². The van der Waals surface area contributed by atoms with Gasteiger partial charge >= 0.3 is 0 Å². The Kier molecular flexibility index (Phi) is 6.73. The Labute approximate surface area is 110 Å². The fourth-order valence-corrected chi connectivity index (χ4v) is 2.99. The van der Waals surface area contributed by atoms with Gasteiger partial charge in [0.2, 0.25) is 0 Å². The molecule has 4 atom stereocenters. The second kappa shape index (κ2) is 6.43. The molecule has 3 unspecified atom stereocenters. The number of hydrogen-bond acceptors (Lipinski definition) is 1. The standard InChI is InChI=1S/C13H28IN/c1-8-13(7,15-14)12(6)11(5)10(4)9(2)3/h9-12,15H,8H2,1-7H3/t10?,11?,12?,13-/m0/s1. The molecule has 0 aromatic rings. The third kappa shape index (κ3) is 3.88. The minimum absolute atomic E-state index is 0.267. The summed E-state index contributed by atoms with van der Waals surface area (Å²) >= 11 is 2.31. The van der Waals surface area contributed by atoms with Crippen LogP contribution in [0.2, 0.25) is 0 Å². The summed E-state index contributed by atoms with van der Waals surface area (Å²) in [6.07, 6.45) is 1.19. The molecular formula is C13H28IN. The van der Waals surface area contributed by atoms with Crippen LogP contribution < -0.4 is 3.53 Å². The topological polar surface area (TPSA) is 12.0 Å². The van der Waals surface area contributed by atoms with Crippen LogP contribution in [0.5, 0.6) is 0 Å². The molecule has 0 bridgehead atoms. The summed E-state index contributed by atoms with van der Waals surface area (Å²) in [6.45, 7) is 16.4. The van der Waals surface area contributed by atoms with Gasteiger partial charge in [-0.1, -0.05) is 41.5 Å². The molecule has 2 heteroatoms. The summed E-state index contributed by atoms with van der Waals surface area (Å²) in [7, 11) is 0. The first-order valence-electron chi connectivity index (χ1n) is 6.18. The van der Waals surface area contributed by atoms with Crippen molar-refractivity contribution in [2.45, 2.75) is 60.4 Å². The van der Waals surface area contributed by atoms with Crippen LogP contribution in [-0.4, -0.2) is 5.54 Å². The second-order valence-corrected chi connectivity index (χ2v) is 6.16. The van der Waals surface area contributed by atoms with Crippen molar-refractivity contribution in [3.63, 3.8) is 0 Å². The van der Waals surface area contributed by atoms with Crippen LogP contribution in [0.25, 0.3) is 0 Å². The minimum atomic E-state index is 0.267. The van der Waals surface area contributed by atoms with E-state index in [2.05, 4.69) is 74.9 Å². The average molecular weight is 325 g/mol. The maximum atomic E-state index is 3.47. The predicted molar refractivity (Wildman–Crippen MR) is 78.2 cm³/mol. The highest BCUT2D eigenvalue weighted by atomic mass is 127. The molecule has 0 radical (unpaired) electrons. The summed E-state index contributed by atoms with van der Waals surface area (Å²) < 4.78 is 3.47. The number of hydrogen-bond donors (Lipinski definition) is 1. The predicted octanol–water partition coefficient (Wildman–Crippen LogP) is 4.66. The molecule has 0 saturated carbocycles. The SMILES string of the molecule is CC[C@](C)(NI)C(C)C(C)C(C)C(C)C. The van der Waals surface area contributed by atoms with E-state index >= 15 is 0 Å². The molecule has 0 aliphatic rings. The fourth-order valence-electron chi connectivity index (χ4n) is 2.12. The molecule has 15 heavy (non-hydrogen) atoms. The van der Waals surface area contributed by atoms with Crippen molar-refractivity contribution in [1.29, 1.82) is 0 Å². The summed E-state index contributed by atoms with van der Waals surface area (Å²) in [5.41, 5.74) is 0.267. The lowest BCUT2D eigenvalue weighted by Crippen LogP contribution is -2.46. The Morgan fingerprint density at radius 3 is 1.80 bits per heavy atom. The Balaban J connectivity index is 4.61.